The summed E-state index contributed by atoms with van der Waals surface area (Å²) < 4.78 is 0. The summed E-state index contributed by atoms with van der Waals surface area (Å²) in [6.45, 7) is 0. The molecule has 6 nitrogen and oxygen atoms in total. The highest BCUT2D eigenvalue weighted by atomic mass is 32.1. The number of nitrogens with one attached hydrogen (secondary N) is 2. The highest BCUT2D eigenvalue weighted by Gasteiger charge is 1.94. The minimum absolute atomic E-state index is 0.130. The van der Waals surface area contributed by atoms with Crippen molar-refractivity contribution in [1.82, 2.24) is 15.3 Å². The van der Waals surface area contributed by atoms with Gasteiger partial charge >= 0.3 is 0 Å². The molecule has 0 saturated heterocycles. The summed E-state index contributed by atoms with van der Waals surface area (Å²) in [6.07, 6.45) is -1.64. The molecule has 0 radical (unpaired) electrons. The number of thiol groups is 1. The van der Waals surface area contributed by atoms with Crippen LogP contribution in [-0.4, -0.2) is 31.7 Å². The predicted molar refractivity (Wildman–Crippen MR) is 71.5 cm³/mol. The van der Waals surface area contributed by atoms with Gasteiger partial charge in [-0.2, -0.15) is 0 Å². The number of thiocarbonyl (C=S) groups is 1. The number of aliphatic hydroxyl groups excluding tert-OH is 1. The van der Waals surface area contributed by atoms with E-state index in [9.17, 15) is 0 Å². The lowest BCUT2D eigenvalue weighted by molar-refractivity contribution is -0.0505. The molecule has 0 bridgehead atoms. The molecule has 0 saturated carbocycles. The van der Waals surface area contributed by atoms with Gasteiger partial charge in [-0.3, -0.25) is 0 Å². The van der Waals surface area contributed by atoms with Crippen LogP contribution in [0, 0.1) is 0 Å². The number of H-pyrrole nitrogens is 1. The fourth-order valence-electron chi connectivity index (χ4n) is 1.07. The lowest BCUT2D eigenvalue weighted by Crippen LogP contribution is -2.37. The molecule has 0 unspecified atom stereocenters. The molecule has 0 aliphatic carbocycles. The zero-order valence-corrected chi connectivity index (χ0v) is 10.4. The van der Waals surface area contributed by atoms with Gasteiger partial charge in [0.25, 0.3) is 0 Å². The van der Waals surface area contributed by atoms with Crippen molar-refractivity contribution in [2.45, 2.75) is 11.6 Å². The molecule has 0 spiro atoms. The Hall–Kier alpha value is -1.35. The molecule has 2 aromatic rings. The van der Waals surface area contributed by atoms with Gasteiger partial charge in [-0.25, -0.2) is 4.98 Å². The maximum atomic E-state index is 8.00. The summed E-state index contributed by atoms with van der Waals surface area (Å²) in [5.41, 5.74) is 6.79. The van der Waals surface area contributed by atoms with Crippen LogP contribution in [0.2, 0.25) is 0 Å². The van der Waals surface area contributed by atoms with E-state index in [-0.39, 0.29) is 5.11 Å². The van der Waals surface area contributed by atoms with Crippen molar-refractivity contribution in [1.29, 1.82) is 0 Å². The van der Waals surface area contributed by atoms with Gasteiger partial charge in [-0.05, 0) is 24.4 Å². The van der Waals surface area contributed by atoms with Crippen LogP contribution in [0.1, 0.15) is 0 Å². The van der Waals surface area contributed by atoms with E-state index in [4.69, 9.17) is 15.9 Å². The van der Waals surface area contributed by atoms with Crippen molar-refractivity contribution in [3.63, 3.8) is 0 Å². The van der Waals surface area contributed by atoms with Gasteiger partial charge in [0.2, 0.25) is 6.41 Å². The average molecular weight is 272 g/mol. The highest BCUT2D eigenvalue weighted by Crippen LogP contribution is 2.11. The number of rotatable bonds is 1. The first kappa shape index (κ1) is 13.7. The Bertz CT molecular complexity index is 467. The molecule has 17 heavy (non-hydrogen) atoms. The number of aromatic amines is 1. The zero-order chi connectivity index (χ0) is 12.8. The van der Waals surface area contributed by atoms with Gasteiger partial charge in [-0.1, -0.05) is 12.1 Å². The first-order chi connectivity index (χ1) is 7.99. The Balaban J connectivity index is 0.000000185. The molecule has 1 aromatic carbocycles. The summed E-state index contributed by atoms with van der Waals surface area (Å²) >= 11 is 8.29. The van der Waals surface area contributed by atoms with E-state index in [0.717, 1.165) is 11.0 Å². The van der Waals surface area contributed by atoms with Crippen molar-refractivity contribution in [3.8, 4) is 0 Å². The molecule has 0 atom stereocenters. The number of hydrogen-bond donors (Lipinski definition) is 6. The van der Waals surface area contributed by atoms with Gasteiger partial charge in [0.15, 0.2) is 10.3 Å². The fourth-order valence-corrected chi connectivity index (χ4v) is 1.40. The van der Waals surface area contributed by atoms with Crippen LogP contribution in [0.25, 0.3) is 11.0 Å². The Labute approximate surface area is 108 Å². The van der Waals surface area contributed by atoms with E-state index in [2.05, 4.69) is 34.8 Å². The Morgan fingerprint density at radius 1 is 1.47 bits per heavy atom. The zero-order valence-electron chi connectivity index (χ0n) is 8.66. The number of aromatic nitrogens is 2. The van der Waals surface area contributed by atoms with Crippen molar-refractivity contribution in [2.75, 3.05) is 0 Å². The van der Waals surface area contributed by atoms with E-state index in [0.29, 0.717) is 5.16 Å². The standard InChI is InChI=1S/C7H6N2S.C2H6N2O2S/c10-7-8-5-3-1-2-4-6(5)9-7;3-1(7)4-2(5)6/h1-4H,(H2,8,9,10);2,5-6H,(H3,3,4,7). The van der Waals surface area contributed by atoms with E-state index < -0.39 is 6.41 Å². The third kappa shape index (κ3) is 5.00. The molecule has 92 valence electrons. The third-order valence-electron chi connectivity index (χ3n) is 1.65. The molecule has 0 aliphatic heterocycles. The molecule has 1 heterocycles. The average Bonchev–Trinajstić information content (AvgIpc) is 2.56. The molecule has 0 amide bonds. The van der Waals surface area contributed by atoms with E-state index in [1.807, 2.05) is 29.6 Å². The SMILES string of the molecule is NC(=S)NC(O)O.Sc1nc2ccccc2[nH]1. The number of aliphatic hydroxyl groups is 2. The van der Waals surface area contributed by atoms with Crippen LogP contribution in [0.3, 0.4) is 0 Å². The number of nitrogens with zero attached hydrogens (tertiary/aromatic N) is 1. The van der Waals surface area contributed by atoms with Gasteiger partial charge in [-0.15, -0.1) is 12.6 Å². The van der Waals surface area contributed by atoms with Crippen LogP contribution in [0.15, 0.2) is 29.4 Å². The Morgan fingerprint density at radius 3 is 2.59 bits per heavy atom. The largest absolute Gasteiger partial charge is 0.376 e. The lowest BCUT2D eigenvalue weighted by Gasteiger charge is -2.02. The summed E-state index contributed by atoms with van der Waals surface area (Å²) in [5.74, 6) is 0. The smallest absolute Gasteiger partial charge is 0.234 e. The first-order valence-electron chi connectivity index (χ1n) is 4.55. The van der Waals surface area contributed by atoms with Crippen molar-refractivity contribution in [3.05, 3.63) is 24.3 Å². The Morgan fingerprint density at radius 2 is 2.12 bits per heavy atom. The predicted octanol–water partition coefficient (Wildman–Crippen LogP) is -0.0606. The third-order valence-corrected chi connectivity index (χ3v) is 1.98. The Kier molecular flexibility index (Phi) is 5.16. The molecule has 0 fully saturated rings. The van der Waals surface area contributed by atoms with Crippen LogP contribution in [0.5, 0.6) is 0 Å². The molecule has 2 rings (SSSR count). The van der Waals surface area contributed by atoms with Gasteiger partial charge in [0.1, 0.15) is 0 Å². The fraction of sp³-hybridized carbons (Fsp3) is 0.111. The van der Waals surface area contributed by atoms with Gasteiger partial charge in [0, 0.05) is 0 Å². The van der Waals surface area contributed by atoms with Gasteiger partial charge in [0.05, 0.1) is 11.0 Å². The monoisotopic (exact) mass is 272 g/mol. The van der Waals surface area contributed by atoms with Crippen LogP contribution < -0.4 is 11.1 Å². The number of benzene rings is 1. The second-order valence-corrected chi connectivity index (χ2v) is 3.82. The minimum Gasteiger partial charge on any atom is -0.376 e. The second-order valence-electron chi connectivity index (χ2n) is 2.96. The summed E-state index contributed by atoms with van der Waals surface area (Å²) in [5, 5.41) is 18.5. The molecule has 0 aliphatic rings. The van der Waals surface area contributed by atoms with E-state index in [1.54, 1.807) is 0 Å². The van der Waals surface area contributed by atoms with Gasteiger partial charge < -0.3 is 26.2 Å². The maximum absolute atomic E-state index is 8.00. The number of nitrogens with two attached hydrogens (primary N) is 1. The molecular weight excluding hydrogens is 260 g/mol. The topological polar surface area (TPSA) is 107 Å². The maximum Gasteiger partial charge on any atom is 0.234 e. The van der Waals surface area contributed by atoms with Crippen molar-refractivity contribution < 1.29 is 10.2 Å². The summed E-state index contributed by atoms with van der Waals surface area (Å²) in [4.78, 5) is 7.13. The quantitative estimate of drug-likeness (QED) is 0.247. The normalized spacial score (nSPS) is 9.88. The molecule has 6 N–H and O–H groups in total. The minimum atomic E-state index is -1.64. The second kappa shape index (κ2) is 6.40. The molecule has 1 aromatic heterocycles. The number of hydrogen-bond acceptors (Lipinski definition) is 5. The van der Waals surface area contributed by atoms with Crippen LogP contribution in [0.4, 0.5) is 0 Å². The lowest BCUT2D eigenvalue weighted by atomic mass is 10.3. The van der Waals surface area contributed by atoms with Crippen LogP contribution >= 0.6 is 24.8 Å². The van der Waals surface area contributed by atoms with E-state index >= 15 is 0 Å². The number of imidazole rings is 1. The van der Waals surface area contributed by atoms with Crippen molar-refractivity contribution in [2.24, 2.45) is 5.73 Å². The highest BCUT2D eigenvalue weighted by molar-refractivity contribution is 7.80. The first-order valence-corrected chi connectivity index (χ1v) is 5.40. The van der Waals surface area contributed by atoms with E-state index in [1.165, 1.54) is 0 Å². The molecular formula is C9H12N4O2S2. The number of para-hydroxylation sites is 2. The van der Waals surface area contributed by atoms with Crippen LogP contribution in [-0.2, 0) is 0 Å². The summed E-state index contributed by atoms with van der Waals surface area (Å²) in [6, 6.07) is 7.84. The summed E-state index contributed by atoms with van der Waals surface area (Å²) in [7, 11) is 0. The van der Waals surface area contributed by atoms with Crippen molar-refractivity contribution >= 4 is 41.0 Å². The number of fused-ring (bicyclic) bond motifs is 1. The molecule has 8 heteroatoms.